The Kier molecular flexibility index (Phi) is 15.5. The summed E-state index contributed by atoms with van der Waals surface area (Å²) in [6, 6.07) is 4.03. The van der Waals surface area contributed by atoms with E-state index in [2.05, 4.69) is 10.6 Å². The molecule has 1 aromatic carbocycles. The van der Waals surface area contributed by atoms with E-state index in [1.165, 1.54) is 19.1 Å². The summed E-state index contributed by atoms with van der Waals surface area (Å²) < 4.78 is 19.7. The third-order valence-corrected chi connectivity index (χ3v) is 4.58. The summed E-state index contributed by atoms with van der Waals surface area (Å²) in [7, 11) is 0. The van der Waals surface area contributed by atoms with Gasteiger partial charge in [0.15, 0.2) is 11.5 Å². The van der Waals surface area contributed by atoms with Gasteiger partial charge in [-0.3, -0.25) is 9.59 Å². The number of amides is 2. The predicted molar refractivity (Wildman–Crippen MR) is 126 cm³/mol. The molecule has 1 rings (SSSR count). The van der Waals surface area contributed by atoms with Crippen molar-refractivity contribution in [3.05, 3.63) is 23.8 Å². The van der Waals surface area contributed by atoms with Crippen molar-refractivity contribution in [3.63, 3.8) is 0 Å². The van der Waals surface area contributed by atoms with Gasteiger partial charge >= 0.3 is 12.3 Å². The summed E-state index contributed by atoms with van der Waals surface area (Å²) in [5, 5.41) is 5.43. The number of carbonyl (C=O) groups excluding carboxylic acids is 4. The fourth-order valence-corrected chi connectivity index (χ4v) is 3.02. The molecule has 0 heterocycles. The number of nitrogens with one attached hydrogen (secondary N) is 2. The summed E-state index contributed by atoms with van der Waals surface area (Å²) in [5.74, 6) is 0.154. The maximum absolute atomic E-state index is 12.4. The van der Waals surface area contributed by atoms with Gasteiger partial charge in [0.05, 0.1) is 13.2 Å². The van der Waals surface area contributed by atoms with Crippen molar-refractivity contribution in [2.75, 3.05) is 31.8 Å². The SMILES string of the molecule is CCOC(=O)Oc1ccc(CCNC(=O)[C@H](CCSC)NC(C)=O)cc1OC(=O)OCC.Cl. The van der Waals surface area contributed by atoms with Gasteiger partial charge in [-0.25, -0.2) is 9.59 Å². The Morgan fingerprint density at radius 3 is 2.15 bits per heavy atom. The quantitative estimate of drug-likeness (QED) is 0.324. The van der Waals surface area contributed by atoms with Crippen LogP contribution in [-0.2, 0) is 25.5 Å². The number of halogens is 1. The maximum Gasteiger partial charge on any atom is 0.513 e. The summed E-state index contributed by atoms with van der Waals surface area (Å²) in [4.78, 5) is 47.1. The van der Waals surface area contributed by atoms with Gasteiger partial charge in [0, 0.05) is 13.5 Å². The number of rotatable bonds is 12. The van der Waals surface area contributed by atoms with Crippen LogP contribution in [0.25, 0.3) is 0 Å². The van der Waals surface area contributed by atoms with Gasteiger partial charge in [-0.05, 0) is 56.4 Å². The normalized spacial score (nSPS) is 10.8. The summed E-state index contributed by atoms with van der Waals surface area (Å²) in [5.41, 5.74) is 0.709. The number of carbonyl (C=O) groups is 4. The summed E-state index contributed by atoms with van der Waals surface area (Å²) in [6.45, 7) is 5.15. The van der Waals surface area contributed by atoms with E-state index in [1.807, 2.05) is 6.26 Å². The van der Waals surface area contributed by atoms with E-state index in [1.54, 1.807) is 31.7 Å². The van der Waals surface area contributed by atoms with Crippen LogP contribution in [-0.4, -0.2) is 61.9 Å². The molecule has 0 radical (unpaired) electrons. The summed E-state index contributed by atoms with van der Waals surface area (Å²) in [6.07, 6.45) is 0.965. The summed E-state index contributed by atoms with van der Waals surface area (Å²) >= 11 is 1.59. The molecule has 0 aliphatic rings. The first kappa shape index (κ1) is 30.3. The standard InChI is InChI=1S/C21H30N2O8S.ClH/c1-5-28-20(26)30-17-8-7-15(13-18(17)31-21(27)29-6-2)9-11-22-19(25)16(10-12-32-4)23-14(3)24;/h7-8,13,16H,5-6,9-12H2,1-4H3,(H,22,25)(H,23,24);1H/t16-;/m0./s1. The van der Waals surface area contributed by atoms with Crippen LogP contribution >= 0.6 is 24.2 Å². The first-order chi connectivity index (χ1) is 15.3. The lowest BCUT2D eigenvalue weighted by Gasteiger charge is -2.17. The molecule has 1 aromatic rings. The molecule has 1 atom stereocenters. The van der Waals surface area contributed by atoms with Crippen LogP contribution in [0.5, 0.6) is 11.5 Å². The van der Waals surface area contributed by atoms with Gasteiger partial charge in [-0.2, -0.15) is 11.8 Å². The van der Waals surface area contributed by atoms with Crippen molar-refractivity contribution < 1.29 is 38.1 Å². The average Bonchev–Trinajstić information content (AvgIpc) is 2.72. The highest BCUT2D eigenvalue weighted by molar-refractivity contribution is 7.98. The molecule has 0 saturated heterocycles. The molecule has 12 heteroatoms. The molecular formula is C21H31ClN2O8S. The highest BCUT2D eigenvalue weighted by Crippen LogP contribution is 2.29. The molecule has 0 aliphatic heterocycles. The maximum atomic E-state index is 12.4. The minimum atomic E-state index is -0.946. The molecule has 0 bridgehead atoms. The van der Waals surface area contributed by atoms with E-state index in [0.717, 1.165) is 5.75 Å². The van der Waals surface area contributed by atoms with Gasteiger partial charge in [0.2, 0.25) is 11.8 Å². The molecule has 0 unspecified atom stereocenters. The van der Waals surface area contributed by atoms with Crippen molar-refractivity contribution in [3.8, 4) is 11.5 Å². The van der Waals surface area contributed by atoms with Crippen LogP contribution in [0.15, 0.2) is 18.2 Å². The van der Waals surface area contributed by atoms with Crippen LogP contribution in [0.4, 0.5) is 9.59 Å². The second kappa shape index (κ2) is 16.9. The Balaban J connectivity index is 0.0000102. The number of hydrogen-bond donors (Lipinski definition) is 2. The molecule has 0 aliphatic carbocycles. The Bertz CT molecular complexity index is 794. The average molecular weight is 507 g/mol. The third kappa shape index (κ3) is 12.2. The molecule has 0 spiro atoms. The lowest BCUT2D eigenvalue weighted by molar-refractivity contribution is -0.128. The van der Waals surface area contributed by atoms with Crippen molar-refractivity contribution in [1.29, 1.82) is 0 Å². The molecule has 2 amide bonds. The third-order valence-electron chi connectivity index (χ3n) is 3.94. The van der Waals surface area contributed by atoms with Crippen molar-refractivity contribution in [1.82, 2.24) is 10.6 Å². The zero-order valence-corrected chi connectivity index (χ0v) is 20.8. The highest BCUT2D eigenvalue weighted by Gasteiger charge is 2.19. The number of thioether (sulfide) groups is 1. The zero-order chi connectivity index (χ0) is 23.9. The monoisotopic (exact) mass is 506 g/mol. The van der Waals surface area contributed by atoms with Gasteiger partial charge in [-0.15, -0.1) is 12.4 Å². The zero-order valence-electron chi connectivity index (χ0n) is 19.1. The van der Waals surface area contributed by atoms with Gasteiger partial charge in [0.1, 0.15) is 6.04 Å². The number of ether oxygens (including phenoxy) is 4. The van der Waals surface area contributed by atoms with E-state index in [0.29, 0.717) is 18.4 Å². The van der Waals surface area contributed by atoms with Crippen molar-refractivity contribution >= 4 is 48.3 Å². The number of benzene rings is 1. The number of hydrogen-bond acceptors (Lipinski definition) is 9. The predicted octanol–water partition coefficient (Wildman–Crippen LogP) is 3.10. The van der Waals surface area contributed by atoms with Crippen LogP contribution in [0.3, 0.4) is 0 Å². The lowest BCUT2D eigenvalue weighted by atomic mass is 10.1. The molecule has 0 fully saturated rings. The van der Waals surface area contributed by atoms with Gasteiger partial charge < -0.3 is 29.6 Å². The molecule has 2 N–H and O–H groups in total. The minimum Gasteiger partial charge on any atom is -0.434 e. The fraction of sp³-hybridized carbons (Fsp3) is 0.524. The first-order valence-corrected chi connectivity index (χ1v) is 11.6. The largest absolute Gasteiger partial charge is 0.513 e. The van der Waals surface area contributed by atoms with Gasteiger partial charge in [0.25, 0.3) is 0 Å². The van der Waals surface area contributed by atoms with Crippen LogP contribution < -0.4 is 20.1 Å². The second-order valence-electron chi connectivity index (χ2n) is 6.43. The molecule has 186 valence electrons. The lowest BCUT2D eigenvalue weighted by Crippen LogP contribution is -2.46. The Morgan fingerprint density at radius 1 is 1.00 bits per heavy atom. The fourth-order valence-electron chi connectivity index (χ4n) is 2.55. The Morgan fingerprint density at radius 2 is 1.61 bits per heavy atom. The van der Waals surface area contributed by atoms with E-state index in [-0.39, 0.29) is 55.5 Å². The van der Waals surface area contributed by atoms with Gasteiger partial charge in [-0.1, -0.05) is 6.07 Å². The molecule has 0 saturated carbocycles. The smallest absolute Gasteiger partial charge is 0.434 e. The van der Waals surface area contributed by atoms with Crippen LogP contribution in [0, 0.1) is 0 Å². The van der Waals surface area contributed by atoms with Crippen LogP contribution in [0.2, 0.25) is 0 Å². The van der Waals surface area contributed by atoms with E-state index in [9.17, 15) is 19.2 Å². The molecular weight excluding hydrogens is 476 g/mol. The highest BCUT2D eigenvalue weighted by atomic mass is 35.5. The second-order valence-corrected chi connectivity index (χ2v) is 7.41. The van der Waals surface area contributed by atoms with E-state index >= 15 is 0 Å². The van der Waals surface area contributed by atoms with Crippen molar-refractivity contribution in [2.24, 2.45) is 0 Å². The molecule has 10 nitrogen and oxygen atoms in total. The van der Waals surface area contributed by atoms with E-state index in [4.69, 9.17) is 18.9 Å². The van der Waals surface area contributed by atoms with Crippen LogP contribution in [0.1, 0.15) is 32.8 Å². The topological polar surface area (TPSA) is 129 Å². The first-order valence-electron chi connectivity index (χ1n) is 10.2. The van der Waals surface area contributed by atoms with Crippen molar-refractivity contribution in [2.45, 2.75) is 39.7 Å². The Labute approximate surface area is 203 Å². The minimum absolute atomic E-state index is 0. The Hall–Kier alpha value is -2.66. The molecule has 0 aromatic heterocycles. The molecule has 33 heavy (non-hydrogen) atoms. The van der Waals surface area contributed by atoms with E-state index < -0.39 is 18.4 Å².